The van der Waals surface area contributed by atoms with Gasteiger partial charge in [-0.25, -0.2) is 0 Å². The molecule has 0 unspecified atom stereocenters. The number of nitrogens with zero attached hydrogens (tertiary/aromatic N) is 3. The second kappa shape index (κ2) is 9.19. The van der Waals surface area contributed by atoms with Gasteiger partial charge in [-0.2, -0.15) is 13.2 Å². The molecule has 2 aromatic rings. The first-order chi connectivity index (χ1) is 16.0. The number of hydrogen-bond acceptors (Lipinski definition) is 5. The number of carbonyl (C=O) groups excluding carboxylic acids is 1. The first-order valence-corrected chi connectivity index (χ1v) is 11.5. The Hall–Kier alpha value is -2.65. The van der Waals surface area contributed by atoms with Gasteiger partial charge in [0.25, 0.3) is 5.91 Å². The third-order valence-electron chi connectivity index (χ3n) is 7.05. The number of aliphatic hydroxyl groups excluding tert-OH is 1. The quantitative estimate of drug-likeness (QED) is 0.678. The number of carbonyl (C=O) groups is 1. The number of aliphatic hydroxyl groups is 1. The van der Waals surface area contributed by atoms with Crippen LogP contribution in [-0.2, 0) is 6.18 Å². The summed E-state index contributed by atoms with van der Waals surface area (Å²) in [5.74, 6) is 0.492. The van der Waals surface area contributed by atoms with Crippen LogP contribution >= 0.6 is 0 Å². The lowest BCUT2D eigenvalue weighted by molar-refractivity contribution is -0.141. The van der Waals surface area contributed by atoms with Crippen molar-refractivity contribution in [3.8, 4) is 5.75 Å². The molecule has 3 heterocycles. The molecule has 6 nitrogen and oxygen atoms in total. The van der Waals surface area contributed by atoms with Gasteiger partial charge in [0.1, 0.15) is 18.1 Å². The van der Waals surface area contributed by atoms with Gasteiger partial charge < -0.3 is 14.7 Å². The second-order valence-corrected chi connectivity index (χ2v) is 9.37. The smallest absolute Gasteiger partial charge is 0.433 e. The van der Waals surface area contributed by atoms with E-state index >= 15 is 0 Å². The summed E-state index contributed by atoms with van der Waals surface area (Å²) in [6, 6.07) is 6.43. The predicted molar refractivity (Wildman–Crippen MR) is 121 cm³/mol. The van der Waals surface area contributed by atoms with Crippen molar-refractivity contribution in [3.63, 3.8) is 0 Å². The van der Waals surface area contributed by atoms with Crippen molar-refractivity contribution in [2.75, 3.05) is 19.7 Å². The minimum absolute atomic E-state index is 0.0253. The van der Waals surface area contributed by atoms with Crippen molar-refractivity contribution < 1.29 is 27.8 Å². The van der Waals surface area contributed by atoms with Gasteiger partial charge in [0.05, 0.1) is 11.7 Å². The van der Waals surface area contributed by atoms with Gasteiger partial charge >= 0.3 is 6.18 Å². The van der Waals surface area contributed by atoms with E-state index in [2.05, 4.69) is 29.8 Å². The number of amides is 1. The van der Waals surface area contributed by atoms with E-state index in [9.17, 15) is 23.1 Å². The first-order valence-electron chi connectivity index (χ1n) is 11.5. The van der Waals surface area contributed by atoms with Crippen molar-refractivity contribution in [3.05, 3.63) is 58.4 Å². The van der Waals surface area contributed by atoms with E-state index in [-0.39, 0.29) is 36.2 Å². The topological polar surface area (TPSA) is 65.9 Å². The van der Waals surface area contributed by atoms with Crippen LogP contribution in [0.15, 0.2) is 30.5 Å². The van der Waals surface area contributed by atoms with Crippen LogP contribution in [0.25, 0.3) is 0 Å². The van der Waals surface area contributed by atoms with Gasteiger partial charge in [-0.15, -0.1) is 0 Å². The molecule has 0 radical (unpaired) electrons. The molecule has 0 spiro atoms. The monoisotopic (exact) mass is 477 g/mol. The number of ether oxygens (including phenoxy) is 1. The molecule has 2 saturated heterocycles. The number of aromatic nitrogens is 1. The van der Waals surface area contributed by atoms with E-state index in [1.54, 1.807) is 11.8 Å². The molecule has 2 aliphatic rings. The standard InChI is InChI=1S/C25H30F3N3O3/c1-14(32)13-34-22-7-6-21(15(2)16(22)3)17(4)30-11-20-9-19(30)12-31(20)24(33)18-5-8-23(29-10-18)25(26,27)28/h5-8,10,14,17,19-20,32H,9,11-13H2,1-4H3/t14-,17+,19-,20-/m1/s1. The van der Waals surface area contributed by atoms with Gasteiger partial charge in [-0.05, 0) is 69.0 Å². The number of pyridine rings is 1. The maximum atomic E-state index is 12.9. The number of alkyl halides is 3. The lowest BCUT2D eigenvalue weighted by atomic mass is 9.96. The average molecular weight is 478 g/mol. The Bertz CT molecular complexity index is 1060. The maximum Gasteiger partial charge on any atom is 0.433 e. The summed E-state index contributed by atoms with van der Waals surface area (Å²) in [5.41, 5.74) is 2.56. The summed E-state index contributed by atoms with van der Waals surface area (Å²) in [4.78, 5) is 20.5. The average Bonchev–Trinajstić information content (AvgIpc) is 3.40. The highest BCUT2D eigenvalue weighted by molar-refractivity contribution is 5.94. The molecule has 4 atom stereocenters. The Morgan fingerprint density at radius 3 is 2.44 bits per heavy atom. The van der Waals surface area contributed by atoms with Gasteiger partial charge in [-0.1, -0.05) is 6.07 Å². The number of rotatable bonds is 6. The third kappa shape index (κ3) is 4.63. The molecule has 0 saturated carbocycles. The Labute approximate surface area is 197 Å². The lowest BCUT2D eigenvalue weighted by Gasteiger charge is -2.38. The summed E-state index contributed by atoms with van der Waals surface area (Å²) < 4.78 is 44.0. The molecule has 2 bridgehead atoms. The zero-order valence-corrected chi connectivity index (χ0v) is 19.8. The summed E-state index contributed by atoms with van der Waals surface area (Å²) in [6.45, 7) is 9.42. The van der Waals surface area contributed by atoms with E-state index in [1.165, 1.54) is 11.6 Å². The minimum atomic E-state index is -4.52. The van der Waals surface area contributed by atoms with Crippen LogP contribution in [0.4, 0.5) is 13.2 Å². The molecule has 1 amide bonds. The van der Waals surface area contributed by atoms with Crippen molar-refractivity contribution in [1.29, 1.82) is 0 Å². The largest absolute Gasteiger partial charge is 0.491 e. The van der Waals surface area contributed by atoms with Crippen molar-refractivity contribution in [1.82, 2.24) is 14.8 Å². The van der Waals surface area contributed by atoms with E-state index in [0.717, 1.165) is 35.6 Å². The van der Waals surface area contributed by atoms with Crippen LogP contribution in [0.3, 0.4) is 0 Å². The molecular formula is C25H30F3N3O3. The fourth-order valence-corrected chi connectivity index (χ4v) is 5.09. The molecule has 0 aliphatic carbocycles. The first kappa shape index (κ1) is 24.5. The highest BCUT2D eigenvalue weighted by Crippen LogP contribution is 2.39. The molecule has 2 fully saturated rings. The maximum absolute atomic E-state index is 12.9. The lowest BCUT2D eigenvalue weighted by Crippen LogP contribution is -2.49. The Balaban J connectivity index is 1.43. The van der Waals surface area contributed by atoms with Crippen LogP contribution in [0.2, 0.25) is 0 Å². The Kier molecular flexibility index (Phi) is 6.61. The van der Waals surface area contributed by atoms with E-state index in [1.807, 2.05) is 13.0 Å². The SMILES string of the molecule is Cc1c(OC[C@@H](C)O)ccc([C@H](C)N2C[C@H]3C[C@@H]2CN3C(=O)c2ccc(C(F)(F)F)nc2)c1C. The van der Waals surface area contributed by atoms with Crippen LogP contribution in [0.5, 0.6) is 5.75 Å². The van der Waals surface area contributed by atoms with E-state index < -0.39 is 18.0 Å². The third-order valence-corrected chi connectivity index (χ3v) is 7.05. The Morgan fingerprint density at radius 2 is 1.88 bits per heavy atom. The molecule has 1 N–H and O–H groups in total. The number of hydrogen-bond donors (Lipinski definition) is 1. The highest BCUT2D eigenvalue weighted by atomic mass is 19.4. The zero-order valence-electron chi connectivity index (χ0n) is 19.8. The van der Waals surface area contributed by atoms with Gasteiger partial charge in [0.2, 0.25) is 0 Å². The van der Waals surface area contributed by atoms with Gasteiger partial charge in [0.15, 0.2) is 0 Å². The zero-order chi connectivity index (χ0) is 24.8. The van der Waals surface area contributed by atoms with Crippen LogP contribution in [0.1, 0.15) is 59.1 Å². The van der Waals surface area contributed by atoms with Gasteiger partial charge in [0, 0.05) is 37.4 Å². The summed E-state index contributed by atoms with van der Waals surface area (Å²) in [5, 5.41) is 9.49. The van der Waals surface area contributed by atoms with Crippen molar-refractivity contribution in [2.24, 2.45) is 0 Å². The molecule has 1 aromatic carbocycles. The Morgan fingerprint density at radius 1 is 1.15 bits per heavy atom. The van der Waals surface area contributed by atoms with E-state index in [0.29, 0.717) is 13.1 Å². The van der Waals surface area contributed by atoms with Crippen LogP contribution in [-0.4, -0.2) is 63.7 Å². The van der Waals surface area contributed by atoms with Crippen LogP contribution in [0, 0.1) is 13.8 Å². The molecule has 184 valence electrons. The van der Waals surface area contributed by atoms with Crippen molar-refractivity contribution >= 4 is 5.91 Å². The number of halogens is 3. The number of likely N-dealkylation sites (tertiary alicyclic amines) is 2. The fourth-order valence-electron chi connectivity index (χ4n) is 5.09. The normalized spacial score (nSPS) is 22.2. The van der Waals surface area contributed by atoms with Crippen molar-refractivity contribution in [2.45, 2.75) is 64.5 Å². The highest BCUT2D eigenvalue weighted by Gasteiger charge is 2.47. The molecule has 9 heteroatoms. The summed E-state index contributed by atoms with van der Waals surface area (Å²) in [7, 11) is 0. The van der Waals surface area contributed by atoms with Crippen LogP contribution < -0.4 is 4.74 Å². The molecule has 1 aromatic heterocycles. The fraction of sp³-hybridized carbons (Fsp3) is 0.520. The number of piperazine rings is 1. The molecule has 34 heavy (non-hydrogen) atoms. The predicted octanol–water partition coefficient (Wildman–Crippen LogP) is 4.14. The number of fused-ring (bicyclic) bond motifs is 2. The van der Waals surface area contributed by atoms with E-state index in [4.69, 9.17) is 4.74 Å². The minimum Gasteiger partial charge on any atom is -0.491 e. The summed E-state index contributed by atoms with van der Waals surface area (Å²) in [6.07, 6.45) is -3.20. The molecular weight excluding hydrogens is 447 g/mol. The second-order valence-electron chi connectivity index (χ2n) is 9.37. The molecule has 2 aliphatic heterocycles. The van der Waals surface area contributed by atoms with Gasteiger partial charge in [-0.3, -0.25) is 14.7 Å². The summed E-state index contributed by atoms with van der Waals surface area (Å²) >= 11 is 0. The molecule has 4 rings (SSSR count). The number of benzene rings is 1.